The fourth-order valence-electron chi connectivity index (χ4n) is 7.01. The zero-order valence-corrected chi connectivity index (χ0v) is 38.6. The predicted molar refractivity (Wildman–Crippen MR) is 266 cm³/mol. The van der Waals surface area contributed by atoms with Crippen molar-refractivity contribution in [3.05, 3.63) is 175 Å². The van der Waals surface area contributed by atoms with E-state index in [-0.39, 0.29) is 0 Å². The van der Waals surface area contributed by atoms with E-state index in [1.807, 2.05) is 18.2 Å². The SMILES string of the molecule is Ic1nc2sc3ccccc3n2c1-c1ccccc1.Ic1nc2sc3ccccc3n2c1-c1ccccc1.Ic1nc2sc3ccccc3n2c1-c1ccccc1. The minimum absolute atomic E-state index is 1.06. The van der Waals surface area contributed by atoms with E-state index < -0.39 is 0 Å². The van der Waals surface area contributed by atoms with Crippen molar-refractivity contribution in [1.29, 1.82) is 0 Å². The molecule has 12 heteroatoms. The van der Waals surface area contributed by atoms with E-state index >= 15 is 0 Å². The molecule has 0 radical (unpaired) electrons. The quantitative estimate of drug-likeness (QED) is 0.166. The average Bonchev–Trinajstić information content (AvgIpc) is 4.08. The summed E-state index contributed by atoms with van der Waals surface area (Å²) in [6, 6.07) is 56.7. The van der Waals surface area contributed by atoms with Gasteiger partial charge in [0.2, 0.25) is 0 Å². The molecule has 0 atom stereocenters. The van der Waals surface area contributed by atoms with E-state index in [0.717, 1.165) is 26.0 Å². The van der Waals surface area contributed by atoms with Crippen molar-refractivity contribution >= 4 is 147 Å². The maximum Gasteiger partial charge on any atom is 0.196 e. The maximum absolute atomic E-state index is 4.69. The van der Waals surface area contributed by atoms with Crippen LogP contribution >= 0.6 is 102 Å². The molecule has 57 heavy (non-hydrogen) atoms. The fourth-order valence-corrected chi connectivity index (χ4v) is 12.9. The molecule has 0 fully saturated rings. The Morgan fingerprint density at radius 2 is 0.561 bits per heavy atom. The van der Waals surface area contributed by atoms with E-state index in [9.17, 15) is 0 Å². The number of nitrogens with zero attached hydrogens (tertiary/aromatic N) is 6. The molecule has 276 valence electrons. The fraction of sp³-hybridized carbons (Fsp3) is 0. The summed E-state index contributed by atoms with van der Waals surface area (Å²) < 4.78 is 13.8. The summed E-state index contributed by atoms with van der Waals surface area (Å²) in [4.78, 5) is 17.3. The summed E-state index contributed by atoms with van der Waals surface area (Å²) in [7, 11) is 0. The zero-order chi connectivity index (χ0) is 38.5. The second kappa shape index (κ2) is 15.9. The van der Waals surface area contributed by atoms with Crippen molar-refractivity contribution in [2.24, 2.45) is 0 Å². The molecule has 0 unspecified atom stereocenters. The van der Waals surface area contributed by atoms with E-state index in [4.69, 9.17) is 15.0 Å². The van der Waals surface area contributed by atoms with Crippen LogP contribution in [-0.4, -0.2) is 28.2 Å². The van der Waals surface area contributed by atoms with Gasteiger partial charge in [-0.2, -0.15) is 0 Å². The van der Waals surface area contributed by atoms with Crippen molar-refractivity contribution in [3.8, 4) is 33.8 Å². The Bertz CT molecular complexity index is 2990. The molecule has 6 aromatic carbocycles. The van der Waals surface area contributed by atoms with Gasteiger partial charge in [0, 0.05) is 16.7 Å². The highest BCUT2D eigenvalue weighted by molar-refractivity contribution is 14.1. The van der Waals surface area contributed by atoms with Gasteiger partial charge in [-0.15, -0.1) is 0 Å². The van der Waals surface area contributed by atoms with Gasteiger partial charge >= 0.3 is 0 Å². The van der Waals surface area contributed by atoms with Gasteiger partial charge in [0.1, 0.15) is 11.1 Å². The first kappa shape index (κ1) is 37.1. The second-order valence-electron chi connectivity index (χ2n) is 12.9. The molecule has 0 aliphatic heterocycles. The molecule has 0 amide bonds. The normalized spacial score (nSPS) is 11.4. The third kappa shape index (κ3) is 6.86. The van der Waals surface area contributed by atoms with Gasteiger partial charge in [-0.3, -0.25) is 13.2 Å². The molecule has 0 N–H and O–H groups in total. The molecule has 12 rings (SSSR count). The van der Waals surface area contributed by atoms with Crippen LogP contribution in [0, 0.1) is 11.1 Å². The van der Waals surface area contributed by atoms with Gasteiger partial charge in [0.25, 0.3) is 0 Å². The van der Waals surface area contributed by atoms with Gasteiger partial charge in [-0.05, 0) is 104 Å². The van der Waals surface area contributed by atoms with Crippen LogP contribution in [0.15, 0.2) is 164 Å². The molecule has 12 aromatic rings. The van der Waals surface area contributed by atoms with Crippen LogP contribution in [0.5, 0.6) is 0 Å². The predicted octanol–water partition coefficient (Wildman–Crippen LogP) is 14.5. The second-order valence-corrected chi connectivity index (χ2v) is 19.0. The first-order valence-corrected chi connectivity index (χ1v) is 23.5. The van der Waals surface area contributed by atoms with Crippen LogP contribution < -0.4 is 0 Å². The molecule has 0 aliphatic rings. The van der Waals surface area contributed by atoms with Crippen molar-refractivity contribution < 1.29 is 0 Å². The van der Waals surface area contributed by atoms with Crippen LogP contribution in [0.3, 0.4) is 0 Å². The lowest BCUT2D eigenvalue weighted by Crippen LogP contribution is -1.87. The van der Waals surface area contributed by atoms with E-state index in [2.05, 4.69) is 227 Å². The highest BCUT2D eigenvalue weighted by atomic mass is 127. The smallest absolute Gasteiger partial charge is 0.196 e. The van der Waals surface area contributed by atoms with E-state index in [0.29, 0.717) is 0 Å². The Kier molecular flexibility index (Phi) is 10.3. The van der Waals surface area contributed by atoms with Gasteiger partial charge in [-0.25, -0.2) is 15.0 Å². The average molecular weight is 1130 g/mol. The highest BCUT2D eigenvalue weighted by Gasteiger charge is 2.18. The third-order valence-electron chi connectivity index (χ3n) is 9.48. The highest BCUT2D eigenvalue weighted by Crippen LogP contribution is 2.37. The molecule has 6 nitrogen and oxygen atoms in total. The summed E-state index contributed by atoms with van der Waals surface area (Å²) in [6.45, 7) is 0. The number of hydrogen-bond donors (Lipinski definition) is 0. The Hall–Kier alpha value is -4.20. The monoisotopic (exact) mass is 1130 g/mol. The summed E-state index contributed by atoms with van der Waals surface area (Å²) in [5.74, 6) is 0. The molecule has 0 spiro atoms. The number of rotatable bonds is 3. The molecule has 0 saturated heterocycles. The summed E-state index contributed by atoms with van der Waals surface area (Å²) in [6.07, 6.45) is 0. The topological polar surface area (TPSA) is 51.9 Å². The van der Waals surface area contributed by atoms with E-state index in [1.165, 1.54) is 64.4 Å². The van der Waals surface area contributed by atoms with Crippen molar-refractivity contribution in [2.45, 2.75) is 0 Å². The van der Waals surface area contributed by atoms with Crippen LogP contribution in [0.1, 0.15) is 0 Å². The number of aromatic nitrogens is 6. The van der Waals surface area contributed by atoms with Crippen LogP contribution in [-0.2, 0) is 0 Å². The lowest BCUT2D eigenvalue weighted by Gasteiger charge is -2.01. The number of benzene rings is 6. The summed E-state index contributed by atoms with van der Waals surface area (Å²) in [5.41, 5.74) is 10.9. The molecule has 6 heterocycles. The Balaban J connectivity index is 0.000000104. The number of hydrogen-bond acceptors (Lipinski definition) is 6. The molecular weight excluding hydrogens is 1100 g/mol. The lowest BCUT2D eigenvalue weighted by atomic mass is 10.2. The third-order valence-corrected chi connectivity index (χ3v) is 14.8. The number of para-hydroxylation sites is 3. The molecular formula is C45H27I3N6S3. The van der Waals surface area contributed by atoms with E-state index in [1.54, 1.807) is 34.0 Å². The molecule has 0 saturated carbocycles. The molecule has 0 aliphatic carbocycles. The first-order valence-electron chi connectivity index (χ1n) is 17.9. The van der Waals surface area contributed by atoms with Crippen molar-refractivity contribution in [1.82, 2.24) is 28.2 Å². The summed E-state index contributed by atoms with van der Waals surface area (Å²) >= 11 is 12.2. The molecule has 0 bridgehead atoms. The van der Waals surface area contributed by atoms with Gasteiger partial charge in [0.15, 0.2) is 14.9 Å². The van der Waals surface area contributed by atoms with Crippen molar-refractivity contribution in [3.63, 3.8) is 0 Å². The Morgan fingerprint density at radius 3 is 0.842 bits per heavy atom. The number of thiazole rings is 3. The first-order chi connectivity index (χ1) is 28.0. The van der Waals surface area contributed by atoms with Crippen LogP contribution in [0.25, 0.3) is 79.3 Å². The number of halogens is 3. The van der Waals surface area contributed by atoms with Crippen LogP contribution in [0.2, 0.25) is 0 Å². The number of fused-ring (bicyclic) bond motifs is 9. The zero-order valence-electron chi connectivity index (χ0n) is 29.6. The minimum Gasteiger partial charge on any atom is -0.282 e. The number of imidazole rings is 3. The summed E-state index contributed by atoms with van der Waals surface area (Å²) in [5, 5.41) is 0. The largest absolute Gasteiger partial charge is 0.282 e. The molecule has 6 aromatic heterocycles. The lowest BCUT2D eigenvalue weighted by molar-refractivity contribution is 1.29. The van der Waals surface area contributed by atoms with Gasteiger partial charge in [0.05, 0.1) is 47.7 Å². The van der Waals surface area contributed by atoms with Crippen molar-refractivity contribution in [2.75, 3.05) is 0 Å². The van der Waals surface area contributed by atoms with Gasteiger partial charge in [-0.1, -0.05) is 161 Å². The van der Waals surface area contributed by atoms with Crippen LogP contribution in [0.4, 0.5) is 0 Å². The minimum atomic E-state index is 1.06. The standard InChI is InChI=1S/3C15H9IN2S/c3*16-14-13(10-6-2-1-3-7-10)18-11-8-4-5-9-12(11)19-15(18)17-14/h3*1-9H. The Morgan fingerprint density at radius 1 is 0.316 bits per heavy atom. The maximum atomic E-state index is 4.69. The van der Waals surface area contributed by atoms with Gasteiger partial charge < -0.3 is 0 Å². The Labute approximate surface area is 379 Å².